The normalized spacial score (nSPS) is 18.8. The van der Waals surface area contributed by atoms with Crippen LogP contribution in [0.3, 0.4) is 0 Å². The largest absolute Gasteiger partial charge is 0.493 e. The van der Waals surface area contributed by atoms with Crippen LogP contribution in [0.5, 0.6) is 11.5 Å². The molecule has 136 valence electrons. The molecular weight excluding hydrogens is 321 g/mol. The number of nitrogens with one attached hydrogen (secondary N) is 1. The molecule has 1 fully saturated rings. The lowest BCUT2D eigenvalue weighted by Crippen LogP contribution is -2.33. The van der Waals surface area contributed by atoms with Crippen LogP contribution in [0.15, 0.2) is 18.2 Å². The van der Waals surface area contributed by atoms with Gasteiger partial charge in [-0.15, -0.1) is 0 Å². The number of alkyl halides is 3. The van der Waals surface area contributed by atoms with Gasteiger partial charge in [0.1, 0.15) is 0 Å². The summed E-state index contributed by atoms with van der Waals surface area (Å²) >= 11 is 0. The topological polar surface area (TPSA) is 33.7 Å². The number of benzene rings is 1. The van der Waals surface area contributed by atoms with Crippen LogP contribution in [-0.2, 0) is 6.54 Å². The summed E-state index contributed by atoms with van der Waals surface area (Å²) in [6, 6.07) is 5.75. The number of halogens is 3. The third-order valence-electron chi connectivity index (χ3n) is 4.06. The van der Waals surface area contributed by atoms with Crippen LogP contribution in [0.4, 0.5) is 13.2 Å². The van der Waals surface area contributed by atoms with Gasteiger partial charge in [0.2, 0.25) is 0 Å². The van der Waals surface area contributed by atoms with Crippen molar-refractivity contribution in [3.05, 3.63) is 23.8 Å². The molecule has 0 radical (unpaired) electrons. The summed E-state index contributed by atoms with van der Waals surface area (Å²) in [5, 5.41) is 3.33. The van der Waals surface area contributed by atoms with Crippen molar-refractivity contribution in [1.29, 1.82) is 0 Å². The second-order valence-electron chi connectivity index (χ2n) is 6.05. The Kier molecular flexibility index (Phi) is 6.74. The zero-order chi connectivity index (χ0) is 17.6. The van der Waals surface area contributed by atoms with Gasteiger partial charge in [-0.05, 0) is 50.0 Å². The minimum absolute atomic E-state index is 0.261. The Balaban J connectivity index is 1.77. The molecule has 1 aliphatic rings. The van der Waals surface area contributed by atoms with Crippen molar-refractivity contribution >= 4 is 0 Å². The molecule has 1 heterocycles. The van der Waals surface area contributed by atoms with Gasteiger partial charge in [0.25, 0.3) is 0 Å². The van der Waals surface area contributed by atoms with Crippen LogP contribution in [0.2, 0.25) is 0 Å². The summed E-state index contributed by atoms with van der Waals surface area (Å²) in [6.45, 7) is 4.05. The molecule has 0 unspecified atom stereocenters. The Morgan fingerprint density at radius 2 is 2.08 bits per heavy atom. The van der Waals surface area contributed by atoms with E-state index in [9.17, 15) is 13.2 Å². The van der Waals surface area contributed by atoms with Crippen molar-refractivity contribution < 1.29 is 22.6 Å². The summed E-state index contributed by atoms with van der Waals surface area (Å²) in [6.07, 6.45) is -3.31. The standard InChI is InChI=1S/C17H25F3N2O2/c1-3-24-16-8-13(4-5-15(16)23-2)9-21-10-14-6-7-22(11-14)12-17(18,19)20/h4-5,8,14,21H,3,6-7,9-12H2,1-2H3/t14-/m0/s1. The van der Waals surface area contributed by atoms with E-state index in [1.807, 2.05) is 25.1 Å². The van der Waals surface area contributed by atoms with Gasteiger partial charge in [0, 0.05) is 13.1 Å². The number of methoxy groups -OCH3 is 1. The molecule has 0 aliphatic carbocycles. The van der Waals surface area contributed by atoms with E-state index in [0.29, 0.717) is 44.3 Å². The Morgan fingerprint density at radius 1 is 1.29 bits per heavy atom. The lowest BCUT2D eigenvalue weighted by atomic mass is 10.1. The third-order valence-corrected chi connectivity index (χ3v) is 4.06. The number of nitrogens with zero attached hydrogens (tertiary/aromatic N) is 1. The van der Waals surface area contributed by atoms with Gasteiger partial charge in [-0.2, -0.15) is 13.2 Å². The van der Waals surface area contributed by atoms with Gasteiger partial charge < -0.3 is 14.8 Å². The predicted molar refractivity (Wildman–Crippen MR) is 86.5 cm³/mol. The van der Waals surface area contributed by atoms with Crippen molar-refractivity contribution in [2.45, 2.75) is 26.1 Å². The van der Waals surface area contributed by atoms with E-state index in [2.05, 4.69) is 5.32 Å². The van der Waals surface area contributed by atoms with E-state index in [1.165, 1.54) is 4.90 Å². The molecular formula is C17H25F3N2O2. The SMILES string of the molecule is CCOc1cc(CNC[C@@H]2CCN(CC(F)(F)F)C2)ccc1OC. The quantitative estimate of drug-likeness (QED) is 0.784. The van der Waals surface area contributed by atoms with Crippen molar-refractivity contribution in [3.8, 4) is 11.5 Å². The molecule has 1 aromatic rings. The average Bonchev–Trinajstić information content (AvgIpc) is 2.93. The molecule has 7 heteroatoms. The fourth-order valence-electron chi connectivity index (χ4n) is 3.00. The second-order valence-corrected chi connectivity index (χ2v) is 6.05. The highest BCUT2D eigenvalue weighted by atomic mass is 19.4. The molecule has 0 aromatic heterocycles. The Morgan fingerprint density at radius 3 is 2.75 bits per heavy atom. The van der Waals surface area contributed by atoms with Gasteiger partial charge >= 0.3 is 6.18 Å². The zero-order valence-corrected chi connectivity index (χ0v) is 14.2. The number of hydrogen-bond donors (Lipinski definition) is 1. The first-order valence-electron chi connectivity index (χ1n) is 8.20. The van der Waals surface area contributed by atoms with E-state index < -0.39 is 12.7 Å². The Labute approximate surface area is 140 Å². The van der Waals surface area contributed by atoms with Crippen LogP contribution >= 0.6 is 0 Å². The van der Waals surface area contributed by atoms with E-state index in [4.69, 9.17) is 9.47 Å². The molecule has 24 heavy (non-hydrogen) atoms. The summed E-state index contributed by atoms with van der Waals surface area (Å²) < 4.78 is 48.0. The highest BCUT2D eigenvalue weighted by Crippen LogP contribution is 2.28. The van der Waals surface area contributed by atoms with Gasteiger partial charge in [-0.3, -0.25) is 4.90 Å². The zero-order valence-electron chi connectivity index (χ0n) is 14.2. The van der Waals surface area contributed by atoms with E-state index in [1.54, 1.807) is 7.11 Å². The highest BCUT2D eigenvalue weighted by Gasteiger charge is 2.34. The minimum atomic E-state index is -4.11. The first-order chi connectivity index (χ1) is 11.4. The molecule has 0 spiro atoms. The average molecular weight is 346 g/mol. The lowest BCUT2D eigenvalue weighted by molar-refractivity contribution is -0.143. The molecule has 1 aliphatic heterocycles. The predicted octanol–water partition coefficient (Wildman–Crippen LogP) is 3.07. The molecule has 1 aromatic carbocycles. The fourth-order valence-corrected chi connectivity index (χ4v) is 3.00. The van der Waals surface area contributed by atoms with E-state index >= 15 is 0 Å². The maximum absolute atomic E-state index is 12.4. The summed E-state index contributed by atoms with van der Waals surface area (Å²) in [5.74, 6) is 1.66. The van der Waals surface area contributed by atoms with Crippen LogP contribution in [0, 0.1) is 5.92 Å². The van der Waals surface area contributed by atoms with Crippen LogP contribution in [0.1, 0.15) is 18.9 Å². The molecule has 0 saturated carbocycles. The molecule has 1 atom stereocenters. The molecule has 1 saturated heterocycles. The monoisotopic (exact) mass is 346 g/mol. The van der Waals surface area contributed by atoms with E-state index in [0.717, 1.165) is 12.0 Å². The van der Waals surface area contributed by atoms with Gasteiger partial charge in [0.05, 0.1) is 20.3 Å². The first-order valence-corrected chi connectivity index (χ1v) is 8.20. The summed E-state index contributed by atoms with van der Waals surface area (Å²) in [5.41, 5.74) is 1.06. The highest BCUT2D eigenvalue weighted by molar-refractivity contribution is 5.42. The van der Waals surface area contributed by atoms with Gasteiger partial charge in [-0.1, -0.05) is 6.07 Å². The van der Waals surface area contributed by atoms with Crippen molar-refractivity contribution in [3.63, 3.8) is 0 Å². The van der Waals surface area contributed by atoms with E-state index in [-0.39, 0.29) is 5.92 Å². The first kappa shape index (κ1) is 18.9. The van der Waals surface area contributed by atoms with Crippen LogP contribution < -0.4 is 14.8 Å². The number of likely N-dealkylation sites (tertiary alicyclic amines) is 1. The maximum Gasteiger partial charge on any atom is 0.401 e. The van der Waals surface area contributed by atoms with Crippen LogP contribution in [-0.4, -0.2) is 51.0 Å². The number of hydrogen-bond acceptors (Lipinski definition) is 4. The van der Waals surface area contributed by atoms with Crippen molar-refractivity contribution in [2.75, 3.05) is 39.9 Å². The number of rotatable bonds is 8. The van der Waals surface area contributed by atoms with Gasteiger partial charge in [-0.25, -0.2) is 0 Å². The minimum Gasteiger partial charge on any atom is -0.493 e. The molecule has 0 bridgehead atoms. The second kappa shape index (κ2) is 8.58. The number of ether oxygens (including phenoxy) is 2. The Bertz CT molecular complexity index is 523. The van der Waals surface area contributed by atoms with Crippen molar-refractivity contribution in [1.82, 2.24) is 10.2 Å². The third kappa shape index (κ3) is 5.87. The molecule has 0 amide bonds. The Hall–Kier alpha value is -1.47. The lowest BCUT2D eigenvalue weighted by Gasteiger charge is -2.18. The smallest absolute Gasteiger partial charge is 0.401 e. The maximum atomic E-state index is 12.4. The van der Waals surface area contributed by atoms with Crippen LogP contribution in [0.25, 0.3) is 0 Å². The van der Waals surface area contributed by atoms with Gasteiger partial charge in [0.15, 0.2) is 11.5 Å². The molecule has 1 N–H and O–H groups in total. The summed E-state index contributed by atoms with van der Waals surface area (Å²) in [4.78, 5) is 1.48. The molecule has 4 nitrogen and oxygen atoms in total. The van der Waals surface area contributed by atoms with Crippen molar-refractivity contribution in [2.24, 2.45) is 5.92 Å². The molecule has 2 rings (SSSR count). The summed E-state index contributed by atoms with van der Waals surface area (Å²) in [7, 11) is 1.60. The fraction of sp³-hybridized carbons (Fsp3) is 0.647.